The van der Waals surface area contributed by atoms with Gasteiger partial charge in [-0.25, -0.2) is 0 Å². The van der Waals surface area contributed by atoms with E-state index in [1.165, 1.54) is 5.56 Å². The summed E-state index contributed by atoms with van der Waals surface area (Å²) in [6.07, 6.45) is 1.99. The fourth-order valence-electron chi connectivity index (χ4n) is 1.98. The minimum atomic E-state index is 0.159. The highest BCUT2D eigenvalue weighted by Gasteiger charge is 2.13. The minimum absolute atomic E-state index is 0.159. The van der Waals surface area contributed by atoms with Crippen molar-refractivity contribution in [2.75, 3.05) is 20.2 Å². The lowest BCUT2D eigenvalue weighted by Crippen LogP contribution is -2.30. The smallest absolute Gasteiger partial charge is 0.222 e. The molecule has 1 amide bonds. The van der Waals surface area contributed by atoms with Gasteiger partial charge in [0.2, 0.25) is 5.91 Å². The summed E-state index contributed by atoms with van der Waals surface area (Å²) in [4.78, 5) is 13.6. The van der Waals surface area contributed by atoms with Gasteiger partial charge in [-0.15, -0.1) is 0 Å². The molecule has 0 spiro atoms. The SMILES string of the molecule is CC(CN(C)C(=O)CCCCO)c1ccccc1. The third-order valence-electron chi connectivity index (χ3n) is 3.14. The maximum atomic E-state index is 11.8. The summed E-state index contributed by atoms with van der Waals surface area (Å²) in [6, 6.07) is 10.2. The number of hydrogen-bond acceptors (Lipinski definition) is 2. The van der Waals surface area contributed by atoms with E-state index >= 15 is 0 Å². The van der Waals surface area contributed by atoms with Crippen LogP contribution < -0.4 is 0 Å². The first-order chi connectivity index (χ1) is 8.65. The van der Waals surface area contributed by atoms with Crippen LogP contribution in [0, 0.1) is 0 Å². The molecule has 100 valence electrons. The molecule has 0 aliphatic heterocycles. The van der Waals surface area contributed by atoms with Crippen LogP contribution in [0.2, 0.25) is 0 Å². The van der Waals surface area contributed by atoms with Crippen molar-refractivity contribution in [1.82, 2.24) is 4.90 Å². The molecule has 0 bridgehead atoms. The first-order valence-corrected chi connectivity index (χ1v) is 6.55. The lowest BCUT2D eigenvalue weighted by atomic mass is 10.0. The second kappa shape index (κ2) is 7.88. The highest BCUT2D eigenvalue weighted by atomic mass is 16.3. The molecular weight excluding hydrogens is 226 g/mol. The Morgan fingerprint density at radius 2 is 1.94 bits per heavy atom. The fraction of sp³-hybridized carbons (Fsp3) is 0.533. The monoisotopic (exact) mass is 249 g/mol. The number of aliphatic hydroxyl groups excluding tert-OH is 1. The van der Waals surface area contributed by atoms with Crippen LogP contribution in [0.5, 0.6) is 0 Å². The Bertz CT molecular complexity index is 351. The van der Waals surface area contributed by atoms with Crippen molar-refractivity contribution in [2.24, 2.45) is 0 Å². The number of carbonyl (C=O) groups excluding carboxylic acids is 1. The molecular formula is C15H23NO2. The van der Waals surface area contributed by atoms with E-state index in [9.17, 15) is 4.79 Å². The number of rotatable bonds is 7. The van der Waals surface area contributed by atoms with Gasteiger partial charge in [0.15, 0.2) is 0 Å². The Balaban J connectivity index is 2.39. The average molecular weight is 249 g/mol. The van der Waals surface area contributed by atoms with Crippen LogP contribution in [0.15, 0.2) is 30.3 Å². The Morgan fingerprint density at radius 3 is 2.56 bits per heavy atom. The number of hydrogen-bond donors (Lipinski definition) is 1. The van der Waals surface area contributed by atoms with Crippen LogP contribution in [-0.4, -0.2) is 36.1 Å². The lowest BCUT2D eigenvalue weighted by molar-refractivity contribution is -0.130. The highest BCUT2D eigenvalue weighted by molar-refractivity contribution is 5.75. The van der Waals surface area contributed by atoms with E-state index in [-0.39, 0.29) is 12.5 Å². The zero-order chi connectivity index (χ0) is 13.4. The molecule has 0 radical (unpaired) electrons. The summed E-state index contributed by atoms with van der Waals surface area (Å²) < 4.78 is 0. The van der Waals surface area contributed by atoms with Crippen LogP contribution in [0.25, 0.3) is 0 Å². The third kappa shape index (κ3) is 4.88. The van der Waals surface area contributed by atoms with Crippen LogP contribution in [0.3, 0.4) is 0 Å². The largest absolute Gasteiger partial charge is 0.396 e. The van der Waals surface area contributed by atoms with E-state index in [1.54, 1.807) is 4.90 Å². The number of likely N-dealkylation sites (N-methyl/N-ethyl adjacent to an activating group) is 1. The molecule has 0 saturated heterocycles. The predicted octanol–water partition coefficient (Wildman–Crippen LogP) is 2.41. The second-order valence-corrected chi connectivity index (χ2v) is 4.77. The number of amides is 1. The Kier molecular flexibility index (Phi) is 6.44. The van der Waals surface area contributed by atoms with Gasteiger partial charge in [0.25, 0.3) is 0 Å². The Labute approximate surface area is 109 Å². The molecule has 1 unspecified atom stereocenters. The summed E-state index contributed by atoms with van der Waals surface area (Å²) >= 11 is 0. The van der Waals surface area contributed by atoms with E-state index in [2.05, 4.69) is 19.1 Å². The van der Waals surface area contributed by atoms with Crippen molar-refractivity contribution in [3.63, 3.8) is 0 Å². The van der Waals surface area contributed by atoms with E-state index in [0.717, 1.165) is 13.0 Å². The molecule has 3 heteroatoms. The summed E-state index contributed by atoms with van der Waals surface area (Å²) in [5.74, 6) is 0.504. The normalized spacial score (nSPS) is 12.2. The molecule has 1 atom stereocenters. The van der Waals surface area contributed by atoms with Crippen LogP contribution in [0.4, 0.5) is 0 Å². The third-order valence-corrected chi connectivity index (χ3v) is 3.14. The molecule has 0 aliphatic carbocycles. The Hall–Kier alpha value is -1.35. The van der Waals surface area contributed by atoms with Gasteiger partial charge < -0.3 is 10.0 Å². The highest BCUT2D eigenvalue weighted by Crippen LogP contribution is 2.16. The number of aliphatic hydroxyl groups is 1. The molecule has 0 aliphatic rings. The van der Waals surface area contributed by atoms with Gasteiger partial charge in [-0.3, -0.25) is 4.79 Å². The first-order valence-electron chi connectivity index (χ1n) is 6.55. The molecule has 18 heavy (non-hydrogen) atoms. The average Bonchev–Trinajstić information content (AvgIpc) is 2.39. The standard InChI is InChI=1S/C15H23NO2/c1-13(14-8-4-3-5-9-14)12-16(2)15(18)10-6-7-11-17/h3-5,8-9,13,17H,6-7,10-12H2,1-2H3. The first kappa shape index (κ1) is 14.7. The molecule has 0 saturated carbocycles. The van der Waals surface area contributed by atoms with E-state index in [4.69, 9.17) is 5.11 Å². The van der Waals surface area contributed by atoms with Gasteiger partial charge >= 0.3 is 0 Å². The fourth-order valence-corrected chi connectivity index (χ4v) is 1.98. The summed E-state index contributed by atoms with van der Waals surface area (Å²) in [5.41, 5.74) is 1.26. The molecule has 3 nitrogen and oxygen atoms in total. The molecule has 1 aromatic rings. The zero-order valence-electron chi connectivity index (χ0n) is 11.3. The molecule has 0 aromatic heterocycles. The van der Waals surface area contributed by atoms with Crippen molar-refractivity contribution in [3.8, 4) is 0 Å². The van der Waals surface area contributed by atoms with Crippen LogP contribution >= 0.6 is 0 Å². The van der Waals surface area contributed by atoms with E-state index in [0.29, 0.717) is 18.8 Å². The van der Waals surface area contributed by atoms with Crippen molar-refractivity contribution >= 4 is 5.91 Å². The van der Waals surface area contributed by atoms with Gasteiger partial charge in [0.1, 0.15) is 0 Å². The number of carbonyl (C=O) groups is 1. The number of benzene rings is 1. The van der Waals surface area contributed by atoms with Crippen molar-refractivity contribution in [3.05, 3.63) is 35.9 Å². The molecule has 1 aromatic carbocycles. The predicted molar refractivity (Wildman–Crippen MR) is 73.4 cm³/mol. The summed E-state index contributed by atoms with van der Waals surface area (Å²) in [5, 5.41) is 8.69. The summed E-state index contributed by atoms with van der Waals surface area (Å²) in [6.45, 7) is 3.03. The van der Waals surface area contributed by atoms with E-state index < -0.39 is 0 Å². The number of nitrogens with zero attached hydrogens (tertiary/aromatic N) is 1. The van der Waals surface area contributed by atoms with Crippen molar-refractivity contribution in [1.29, 1.82) is 0 Å². The van der Waals surface area contributed by atoms with Gasteiger partial charge in [-0.05, 0) is 24.3 Å². The molecule has 1 N–H and O–H groups in total. The van der Waals surface area contributed by atoms with E-state index in [1.807, 2.05) is 25.2 Å². The zero-order valence-corrected chi connectivity index (χ0v) is 11.3. The maximum Gasteiger partial charge on any atom is 0.222 e. The van der Waals surface area contributed by atoms with Gasteiger partial charge in [0.05, 0.1) is 0 Å². The van der Waals surface area contributed by atoms with Gasteiger partial charge in [-0.1, -0.05) is 37.3 Å². The maximum absolute atomic E-state index is 11.8. The lowest BCUT2D eigenvalue weighted by Gasteiger charge is -2.22. The minimum Gasteiger partial charge on any atom is -0.396 e. The topological polar surface area (TPSA) is 40.5 Å². The van der Waals surface area contributed by atoms with Crippen molar-refractivity contribution in [2.45, 2.75) is 32.1 Å². The van der Waals surface area contributed by atoms with Gasteiger partial charge in [-0.2, -0.15) is 0 Å². The molecule has 1 rings (SSSR count). The molecule has 0 fully saturated rings. The van der Waals surface area contributed by atoms with Gasteiger partial charge in [0, 0.05) is 26.6 Å². The van der Waals surface area contributed by atoms with Crippen LogP contribution in [-0.2, 0) is 4.79 Å². The Morgan fingerprint density at radius 1 is 1.28 bits per heavy atom. The summed E-state index contributed by atoms with van der Waals surface area (Å²) in [7, 11) is 1.85. The van der Waals surface area contributed by atoms with Crippen molar-refractivity contribution < 1.29 is 9.90 Å². The van der Waals surface area contributed by atoms with Crippen LogP contribution in [0.1, 0.15) is 37.7 Å². The second-order valence-electron chi connectivity index (χ2n) is 4.77. The molecule has 0 heterocycles. The number of unbranched alkanes of at least 4 members (excludes halogenated alkanes) is 1. The quantitative estimate of drug-likeness (QED) is 0.754.